The summed E-state index contributed by atoms with van der Waals surface area (Å²) in [4.78, 5) is 18.3. The fourth-order valence-electron chi connectivity index (χ4n) is 3.87. The first-order chi connectivity index (χ1) is 13.0. The zero-order valence-electron chi connectivity index (χ0n) is 17.3. The van der Waals surface area contributed by atoms with E-state index < -0.39 is 0 Å². The molecule has 1 amide bonds. The summed E-state index contributed by atoms with van der Waals surface area (Å²) in [5.74, 6) is 0.699. The van der Waals surface area contributed by atoms with Gasteiger partial charge in [-0.3, -0.25) is 4.79 Å². The maximum absolute atomic E-state index is 12.0. The van der Waals surface area contributed by atoms with Gasteiger partial charge in [-0.05, 0) is 24.8 Å². The summed E-state index contributed by atoms with van der Waals surface area (Å²) in [5.41, 5.74) is 1.24. The third-order valence-corrected chi connectivity index (χ3v) is 5.87. The first kappa shape index (κ1) is 21.2. The standard InChI is InChI=1S/C21H34N4O2/c1-6-21(7-2)17(13-18(21)27-5)24-20(23-15-19(26)25(3)4)22-14-16-11-9-8-10-12-16/h8-12,17-18H,6-7,13-15H2,1-5H3,(H2,22,23,24). The van der Waals surface area contributed by atoms with Crippen LogP contribution in [0.3, 0.4) is 0 Å². The molecule has 2 rings (SSSR count). The third-order valence-electron chi connectivity index (χ3n) is 5.87. The topological polar surface area (TPSA) is 66.0 Å². The van der Waals surface area contributed by atoms with Gasteiger partial charge in [0.1, 0.15) is 0 Å². The molecule has 0 radical (unpaired) electrons. The number of guanidine groups is 1. The predicted octanol–water partition coefficient (Wildman–Crippen LogP) is 2.40. The Morgan fingerprint density at radius 3 is 2.48 bits per heavy atom. The molecule has 0 heterocycles. The second-order valence-corrected chi connectivity index (χ2v) is 7.39. The summed E-state index contributed by atoms with van der Waals surface area (Å²) in [6.07, 6.45) is 3.31. The van der Waals surface area contributed by atoms with Crippen LogP contribution < -0.4 is 10.6 Å². The Morgan fingerprint density at radius 2 is 1.93 bits per heavy atom. The fraction of sp³-hybridized carbons (Fsp3) is 0.619. The van der Waals surface area contributed by atoms with Crippen molar-refractivity contribution < 1.29 is 9.53 Å². The molecule has 150 valence electrons. The van der Waals surface area contributed by atoms with Crippen molar-refractivity contribution in [3.05, 3.63) is 35.9 Å². The summed E-state index contributed by atoms with van der Waals surface area (Å²) in [6, 6.07) is 10.4. The van der Waals surface area contributed by atoms with Crippen LogP contribution in [0.5, 0.6) is 0 Å². The molecule has 2 atom stereocenters. The number of likely N-dealkylation sites (N-methyl/N-ethyl adjacent to an activating group) is 1. The molecule has 1 aromatic carbocycles. The average Bonchev–Trinajstić information content (AvgIpc) is 2.67. The van der Waals surface area contributed by atoms with E-state index in [4.69, 9.17) is 9.73 Å². The van der Waals surface area contributed by atoms with E-state index in [1.807, 2.05) is 18.2 Å². The zero-order valence-corrected chi connectivity index (χ0v) is 17.3. The molecule has 1 fully saturated rings. The number of benzene rings is 1. The fourth-order valence-corrected chi connectivity index (χ4v) is 3.87. The molecule has 6 heteroatoms. The smallest absolute Gasteiger partial charge is 0.241 e. The van der Waals surface area contributed by atoms with E-state index in [1.165, 1.54) is 0 Å². The van der Waals surface area contributed by atoms with Gasteiger partial charge < -0.3 is 20.3 Å². The minimum Gasteiger partial charge on any atom is -0.381 e. The van der Waals surface area contributed by atoms with Gasteiger partial charge in [0, 0.05) is 32.7 Å². The van der Waals surface area contributed by atoms with E-state index in [0.29, 0.717) is 12.5 Å². The summed E-state index contributed by atoms with van der Waals surface area (Å²) in [6.45, 7) is 5.22. The number of aliphatic imine (C=N–C) groups is 1. The monoisotopic (exact) mass is 374 g/mol. The van der Waals surface area contributed by atoms with Gasteiger partial charge in [-0.1, -0.05) is 44.2 Å². The first-order valence-electron chi connectivity index (χ1n) is 9.78. The maximum Gasteiger partial charge on any atom is 0.241 e. The number of carbonyl (C=O) groups is 1. The Kier molecular flexibility index (Phi) is 7.66. The van der Waals surface area contributed by atoms with Gasteiger partial charge >= 0.3 is 0 Å². The molecule has 6 nitrogen and oxygen atoms in total. The molecular weight excluding hydrogens is 340 g/mol. The van der Waals surface area contributed by atoms with Gasteiger partial charge in [0.05, 0.1) is 19.2 Å². The highest BCUT2D eigenvalue weighted by Gasteiger charge is 2.53. The number of methoxy groups -OCH3 is 1. The number of hydrogen-bond acceptors (Lipinski definition) is 3. The van der Waals surface area contributed by atoms with Crippen LogP contribution in [0.15, 0.2) is 35.3 Å². The molecule has 1 aliphatic rings. The lowest BCUT2D eigenvalue weighted by molar-refractivity contribution is -0.127. The number of nitrogens with zero attached hydrogens (tertiary/aromatic N) is 2. The quantitative estimate of drug-likeness (QED) is 0.542. The molecule has 1 saturated carbocycles. The predicted molar refractivity (Wildman–Crippen MR) is 110 cm³/mol. The molecule has 2 unspecified atom stereocenters. The van der Waals surface area contributed by atoms with Crippen molar-refractivity contribution in [2.75, 3.05) is 27.7 Å². The molecule has 27 heavy (non-hydrogen) atoms. The Morgan fingerprint density at radius 1 is 1.26 bits per heavy atom. The largest absolute Gasteiger partial charge is 0.381 e. The summed E-state index contributed by atoms with van der Waals surface area (Å²) in [5, 5.41) is 6.76. The first-order valence-corrected chi connectivity index (χ1v) is 9.78. The molecular formula is C21H34N4O2. The lowest BCUT2D eigenvalue weighted by atomic mass is 9.58. The molecule has 0 aromatic heterocycles. The van der Waals surface area contributed by atoms with Crippen molar-refractivity contribution in [2.45, 2.75) is 51.8 Å². The van der Waals surface area contributed by atoms with Crippen molar-refractivity contribution in [3.63, 3.8) is 0 Å². The van der Waals surface area contributed by atoms with Crippen LogP contribution in [0.25, 0.3) is 0 Å². The van der Waals surface area contributed by atoms with Crippen molar-refractivity contribution in [1.29, 1.82) is 0 Å². The van der Waals surface area contributed by atoms with Crippen molar-refractivity contribution in [1.82, 2.24) is 15.5 Å². The van der Waals surface area contributed by atoms with Gasteiger partial charge in [0.15, 0.2) is 5.96 Å². The van der Waals surface area contributed by atoms with E-state index in [0.717, 1.165) is 24.8 Å². The highest BCUT2D eigenvalue weighted by Crippen LogP contribution is 2.48. The van der Waals surface area contributed by atoms with Crippen LogP contribution in [0.4, 0.5) is 0 Å². The van der Waals surface area contributed by atoms with Gasteiger partial charge in [-0.15, -0.1) is 0 Å². The number of rotatable bonds is 8. The van der Waals surface area contributed by atoms with Gasteiger partial charge in [0.2, 0.25) is 5.91 Å². The van der Waals surface area contributed by atoms with Crippen LogP contribution in [0.2, 0.25) is 0 Å². The Labute approximate surface area is 163 Å². The highest BCUT2D eigenvalue weighted by atomic mass is 16.5. The lowest BCUT2D eigenvalue weighted by Crippen LogP contribution is -2.65. The third kappa shape index (κ3) is 5.01. The van der Waals surface area contributed by atoms with E-state index in [2.05, 4.69) is 36.6 Å². The van der Waals surface area contributed by atoms with Crippen LogP contribution in [-0.4, -0.2) is 56.7 Å². The molecule has 0 bridgehead atoms. The van der Waals surface area contributed by atoms with E-state index in [9.17, 15) is 4.79 Å². The maximum atomic E-state index is 12.0. The molecule has 0 saturated heterocycles. The lowest BCUT2D eigenvalue weighted by Gasteiger charge is -2.55. The SMILES string of the molecule is CCC1(CC)C(NC(=NCc2ccccc2)NCC(=O)N(C)C)CC1OC. The van der Waals surface area contributed by atoms with Gasteiger partial charge in [0.25, 0.3) is 0 Å². The van der Waals surface area contributed by atoms with E-state index >= 15 is 0 Å². The summed E-state index contributed by atoms with van der Waals surface area (Å²) < 4.78 is 5.69. The van der Waals surface area contributed by atoms with Crippen LogP contribution in [0.1, 0.15) is 38.7 Å². The average molecular weight is 375 g/mol. The number of amides is 1. The van der Waals surface area contributed by atoms with Crippen LogP contribution in [0, 0.1) is 5.41 Å². The molecule has 0 aliphatic heterocycles. The van der Waals surface area contributed by atoms with Crippen LogP contribution in [-0.2, 0) is 16.1 Å². The molecule has 1 aliphatic carbocycles. The molecule has 2 N–H and O–H groups in total. The second kappa shape index (κ2) is 9.74. The number of hydrogen-bond donors (Lipinski definition) is 2. The van der Waals surface area contributed by atoms with Gasteiger partial charge in [-0.25, -0.2) is 4.99 Å². The zero-order chi connectivity index (χ0) is 19.9. The van der Waals surface area contributed by atoms with E-state index in [1.54, 1.807) is 26.1 Å². The minimum absolute atomic E-state index is 0.0184. The Balaban J connectivity index is 2.10. The van der Waals surface area contributed by atoms with Crippen LogP contribution >= 0.6 is 0 Å². The molecule has 1 aromatic rings. The van der Waals surface area contributed by atoms with Crippen molar-refractivity contribution >= 4 is 11.9 Å². The van der Waals surface area contributed by atoms with Crippen molar-refractivity contribution in [2.24, 2.45) is 10.4 Å². The second-order valence-electron chi connectivity index (χ2n) is 7.39. The normalized spacial score (nSPS) is 21.3. The number of nitrogens with one attached hydrogen (secondary N) is 2. The summed E-state index contributed by atoms with van der Waals surface area (Å²) in [7, 11) is 5.30. The van der Waals surface area contributed by atoms with Crippen molar-refractivity contribution in [3.8, 4) is 0 Å². The van der Waals surface area contributed by atoms with Gasteiger partial charge in [-0.2, -0.15) is 0 Å². The van der Waals surface area contributed by atoms with E-state index in [-0.39, 0.29) is 30.0 Å². The highest BCUT2D eigenvalue weighted by molar-refractivity contribution is 5.86. The Bertz CT molecular complexity index is 626. The Hall–Kier alpha value is -2.08. The summed E-state index contributed by atoms with van der Waals surface area (Å²) >= 11 is 0. The molecule has 0 spiro atoms. The number of ether oxygens (including phenoxy) is 1. The minimum atomic E-state index is 0.0184. The number of carbonyl (C=O) groups excluding carboxylic acids is 1.